The number of ether oxygens (including phenoxy) is 2. The summed E-state index contributed by atoms with van der Waals surface area (Å²) in [5.41, 5.74) is 3.50. The predicted molar refractivity (Wildman–Crippen MR) is 118 cm³/mol. The highest BCUT2D eigenvalue weighted by Gasteiger charge is 2.22. The van der Waals surface area contributed by atoms with Gasteiger partial charge in [0.1, 0.15) is 29.1 Å². The number of rotatable bonds is 11. The number of anilines is 1. The van der Waals surface area contributed by atoms with Crippen molar-refractivity contribution in [2.75, 3.05) is 12.1 Å². The van der Waals surface area contributed by atoms with Gasteiger partial charge in [-0.2, -0.15) is 0 Å². The molecule has 0 radical (unpaired) electrons. The van der Waals surface area contributed by atoms with Gasteiger partial charge in [-0.15, -0.1) is 11.8 Å². The number of benzene rings is 2. The summed E-state index contributed by atoms with van der Waals surface area (Å²) < 4.78 is 11.8. The molecule has 1 atom stereocenters. The van der Waals surface area contributed by atoms with E-state index in [1.165, 1.54) is 17.7 Å². The SMILES string of the molecule is C=C(/C=C\C)ONc1cc(Oc2ccc(SC3CC3)cc2)cc(OC(C)CO)c1. The summed E-state index contributed by atoms with van der Waals surface area (Å²) in [6, 6.07) is 13.5. The van der Waals surface area contributed by atoms with Gasteiger partial charge in [-0.1, -0.05) is 12.7 Å². The number of aliphatic hydroxyl groups excluding tert-OH is 1. The quantitative estimate of drug-likeness (QED) is 0.271. The van der Waals surface area contributed by atoms with Gasteiger partial charge in [0, 0.05) is 28.3 Å². The van der Waals surface area contributed by atoms with Crippen molar-refractivity contribution < 1.29 is 19.4 Å². The molecule has 0 bridgehead atoms. The first kappa shape index (κ1) is 21.1. The molecule has 1 aliphatic rings. The van der Waals surface area contributed by atoms with E-state index in [0.717, 1.165) is 11.0 Å². The lowest BCUT2D eigenvalue weighted by Gasteiger charge is -2.16. The van der Waals surface area contributed by atoms with Gasteiger partial charge >= 0.3 is 0 Å². The molecule has 0 aromatic heterocycles. The number of hydrogen-bond acceptors (Lipinski definition) is 6. The molecule has 2 aromatic carbocycles. The van der Waals surface area contributed by atoms with Crippen LogP contribution in [-0.4, -0.2) is 23.1 Å². The summed E-state index contributed by atoms with van der Waals surface area (Å²) in [7, 11) is 0. The van der Waals surface area contributed by atoms with Crippen molar-refractivity contribution in [1.82, 2.24) is 0 Å². The minimum absolute atomic E-state index is 0.0808. The van der Waals surface area contributed by atoms with Gasteiger partial charge in [-0.05, 0) is 57.0 Å². The molecule has 5 nitrogen and oxygen atoms in total. The zero-order valence-electron chi connectivity index (χ0n) is 16.8. The zero-order valence-corrected chi connectivity index (χ0v) is 17.6. The molecular formula is C23H27NO4S. The third-order valence-corrected chi connectivity index (χ3v) is 5.36. The van der Waals surface area contributed by atoms with Crippen molar-refractivity contribution in [3.8, 4) is 17.2 Å². The Morgan fingerprint density at radius 2 is 1.93 bits per heavy atom. The van der Waals surface area contributed by atoms with Gasteiger partial charge in [0.05, 0.1) is 12.3 Å². The van der Waals surface area contributed by atoms with Gasteiger partial charge in [-0.3, -0.25) is 0 Å². The molecule has 2 aromatic rings. The molecule has 2 N–H and O–H groups in total. The number of aliphatic hydroxyl groups is 1. The molecule has 1 saturated carbocycles. The Balaban J connectivity index is 1.73. The number of hydrogen-bond donors (Lipinski definition) is 2. The molecule has 0 aliphatic heterocycles. The van der Waals surface area contributed by atoms with Crippen LogP contribution in [0, 0.1) is 0 Å². The van der Waals surface area contributed by atoms with Gasteiger partial charge in [-0.25, -0.2) is 5.48 Å². The fraction of sp³-hybridized carbons (Fsp3) is 0.304. The molecule has 1 unspecified atom stereocenters. The van der Waals surface area contributed by atoms with Crippen molar-refractivity contribution in [1.29, 1.82) is 0 Å². The molecule has 6 heteroatoms. The van der Waals surface area contributed by atoms with Crippen molar-refractivity contribution >= 4 is 17.4 Å². The minimum atomic E-state index is -0.337. The van der Waals surface area contributed by atoms with Crippen LogP contribution in [0.3, 0.4) is 0 Å². The average molecular weight is 414 g/mol. The fourth-order valence-electron chi connectivity index (χ4n) is 2.47. The van der Waals surface area contributed by atoms with Crippen LogP contribution in [-0.2, 0) is 4.84 Å². The maximum atomic E-state index is 9.28. The lowest BCUT2D eigenvalue weighted by Crippen LogP contribution is -2.16. The molecule has 0 amide bonds. The van der Waals surface area contributed by atoms with Gasteiger partial charge in [0.25, 0.3) is 0 Å². The average Bonchev–Trinajstić information content (AvgIpc) is 3.52. The fourth-order valence-corrected chi connectivity index (χ4v) is 3.52. The summed E-state index contributed by atoms with van der Waals surface area (Å²) >= 11 is 1.91. The predicted octanol–water partition coefficient (Wildman–Crippen LogP) is 5.93. The normalized spacial score (nSPS) is 14.4. The zero-order chi connectivity index (χ0) is 20.6. The third kappa shape index (κ3) is 7.07. The highest BCUT2D eigenvalue weighted by molar-refractivity contribution is 8.00. The van der Waals surface area contributed by atoms with Crippen LogP contribution >= 0.6 is 11.8 Å². The summed E-state index contributed by atoms with van der Waals surface area (Å²) in [5.74, 6) is 2.38. The second kappa shape index (κ2) is 10.3. The van der Waals surface area contributed by atoms with E-state index in [0.29, 0.717) is 22.9 Å². The first-order valence-electron chi connectivity index (χ1n) is 9.67. The number of nitrogens with one attached hydrogen (secondary N) is 1. The Morgan fingerprint density at radius 1 is 1.21 bits per heavy atom. The van der Waals surface area contributed by atoms with Crippen molar-refractivity contribution in [3.63, 3.8) is 0 Å². The van der Waals surface area contributed by atoms with Crippen molar-refractivity contribution in [2.24, 2.45) is 0 Å². The van der Waals surface area contributed by atoms with Crippen molar-refractivity contribution in [3.05, 3.63) is 67.0 Å². The topological polar surface area (TPSA) is 60.0 Å². The van der Waals surface area contributed by atoms with Gasteiger partial charge < -0.3 is 19.4 Å². The van der Waals surface area contributed by atoms with E-state index in [1.807, 2.05) is 43.0 Å². The summed E-state index contributed by atoms with van der Waals surface area (Å²) in [6.07, 6.45) is 5.86. The van der Waals surface area contributed by atoms with Crippen LogP contribution in [0.1, 0.15) is 26.7 Å². The Kier molecular flexibility index (Phi) is 7.49. The smallest absolute Gasteiger partial charge is 0.147 e. The van der Waals surface area contributed by atoms with Gasteiger partial charge in [0.2, 0.25) is 0 Å². The molecule has 0 spiro atoms. The van der Waals surface area contributed by atoms with E-state index in [4.69, 9.17) is 14.3 Å². The Morgan fingerprint density at radius 3 is 2.59 bits per heavy atom. The summed E-state index contributed by atoms with van der Waals surface area (Å²) in [5, 5.41) is 10.1. The molecule has 154 valence electrons. The van der Waals surface area contributed by atoms with Crippen LogP contribution < -0.4 is 15.0 Å². The maximum absolute atomic E-state index is 9.28. The van der Waals surface area contributed by atoms with E-state index in [9.17, 15) is 5.11 Å². The standard InChI is InChI=1S/C23H27NO4S/c1-4-5-16(2)28-24-18-12-20(26-17(3)15-25)14-21(13-18)27-19-6-8-22(9-7-19)29-23-10-11-23/h4-9,12-14,17,23-25H,2,10-11,15H2,1,3H3/b5-4-. The van der Waals surface area contributed by atoms with E-state index in [1.54, 1.807) is 25.1 Å². The second-order valence-electron chi connectivity index (χ2n) is 6.87. The van der Waals surface area contributed by atoms with Crippen molar-refractivity contribution in [2.45, 2.75) is 42.9 Å². The molecular weight excluding hydrogens is 386 g/mol. The second-order valence-corrected chi connectivity index (χ2v) is 8.24. The molecule has 3 rings (SSSR count). The number of thioether (sulfide) groups is 1. The Hall–Kier alpha value is -2.57. The molecule has 0 saturated heterocycles. The van der Waals surface area contributed by atoms with Crippen LogP contribution in [0.4, 0.5) is 5.69 Å². The van der Waals surface area contributed by atoms with Crippen LogP contribution in [0.15, 0.2) is 71.9 Å². The highest BCUT2D eigenvalue weighted by Crippen LogP contribution is 2.39. The first-order valence-corrected chi connectivity index (χ1v) is 10.6. The number of allylic oxidation sites excluding steroid dienone is 2. The largest absolute Gasteiger partial charge is 0.488 e. The third-order valence-electron chi connectivity index (χ3n) is 4.01. The van der Waals surface area contributed by atoms with E-state index in [-0.39, 0.29) is 12.7 Å². The molecule has 29 heavy (non-hydrogen) atoms. The van der Waals surface area contributed by atoms with Crippen LogP contribution in [0.5, 0.6) is 17.2 Å². The molecule has 0 heterocycles. The minimum Gasteiger partial charge on any atom is -0.488 e. The lowest BCUT2D eigenvalue weighted by atomic mass is 10.2. The maximum Gasteiger partial charge on any atom is 0.147 e. The van der Waals surface area contributed by atoms with Gasteiger partial charge in [0.15, 0.2) is 0 Å². The van der Waals surface area contributed by atoms with E-state index >= 15 is 0 Å². The van der Waals surface area contributed by atoms with E-state index in [2.05, 4.69) is 24.2 Å². The Bertz CT molecular complexity index is 846. The summed E-state index contributed by atoms with van der Waals surface area (Å²) in [4.78, 5) is 6.68. The van der Waals surface area contributed by atoms with Crippen LogP contribution in [0.25, 0.3) is 0 Å². The Labute approximate surface area is 176 Å². The molecule has 1 aliphatic carbocycles. The van der Waals surface area contributed by atoms with E-state index < -0.39 is 0 Å². The van der Waals surface area contributed by atoms with Crippen LogP contribution in [0.2, 0.25) is 0 Å². The summed E-state index contributed by atoms with van der Waals surface area (Å²) in [6.45, 7) is 7.40. The first-order chi connectivity index (χ1) is 14.1. The molecule has 1 fully saturated rings. The highest BCUT2D eigenvalue weighted by atomic mass is 32.2. The monoisotopic (exact) mass is 413 g/mol. The lowest BCUT2D eigenvalue weighted by molar-refractivity contribution is 0.129.